The van der Waals surface area contributed by atoms with Gasteiger partial charge in [-0.3, -0.25) is 0 Å². The van der Waals surface area contributed by atoms with Crippen molar-refractivity contribution in [3.8, 4) is 0 Å². The molecule has 0 amide bonds. The third-order valence-electron chi connectivity index (χ3n) is 2.24. The van der Waals surface area contributed by atoms with Crippen molar-refractivity contribution >= 4 is 28.9 Å². The van der Waals surface area contributed by atoms with Gasteiger partial charge in [0.25, 0.3) is 0 Å². The minimum Gasteiger partial charge on any atom is -0.478 e. The standard InChI is InChI=1S/C11H15ClN2O3/c1-6(15)5-14(2)10-8(11(16)17)3-7(13)4-9(10)12/h3-4,6,15H,5,13H2,1-2H3,(H,16,17). The summed E-state index contributed by atoms with van der Waals surface area (Å²) in [5.74, 6) is -1.10. The minimum absolute atomic E-state index is 0.0261. The number of nitrogens with zero attached hydrogens (tertiary/aromatic N) is 1. The topological polar surface area (TPSA) is 86.8 Å². The highest BCUT2D eigenvalue weighted by Gasteiger charge is 2.18. The Balaban J connectivity index is 3.25. The van der Waals surface area contributed by atoms with E-state index in [-0.39, 0.29) is 17.1 Å². The molecule has 1 rings (SSSR count). The normalized spacial score (nSPS) is 12.2. The van der Waals surface area contributed by atoms with Gasteiger partial charge >= 0.3 is 5.97 Å². The molecule has 0 spiro atoms. The molecule has 0 fully saturated rings. The highest BCUT2D eigenvalue weighted by atomic mass is 35.5. The zero-order chi connectivity index (χ0) is 13.2. The molecule has 6 heteroatoms. The summed E-state index contributed by atoms with van der Waals surface area (Å²) < 4.78 is 0. The van der Waals surface area contributed by atoms with Gasteiger partial charge in [-0.15, -0.1) is 0 Å². The molecule has 0 aliphatic rings. The maximum atomic E-state index is 11.1. The molecule has 0 saturated carbocycles. The summed E-state index contributed by atoms with van der Waals surface area (Å²) in [6, 6.07) is 2.84. The van der Waals surface area contributed by atoms with Crippen LogP contribution in [-0.2, 0) is 0 Å². The first-order chi connectivity index (χ1) is 7.82. The summed E-state index contributed by atoms with van der Waals surface area (Å²) in [6.07, 6.45) is -0.588. The average molecular weight is 259 g/mol. The van der Waals surface area contributed by atoms with E-state index in [0.717, 1.165) is 0 Å². The molecule has 0 radical (unpaired) electrons. The number of benzene rings is 1. The van der Waals surface area contributed by atoms with E-state index in [1.165, 1.54) is 12.1 Å². The van der Waals surface area contributed by atoms with Crippen LogP contribution in [0.4, 0.5) is 11.4 Å². The minimum atomic E-state index is -1.10. The summed E-state index contributed by atoms with van der Waals surface area (Å²) in [7, 11) is 1.66. The molecule has 0 aliphatic heterocycles. The zero-order valence-electron chi connectivity index (χ0n) is 9.64. The monoisotopic (exact) mass is 258 g/mol. The van der Waals surface area contributed by atoms with Gasteiger partial charge in [0.15, 0.2) is 0 Å². The highest BCUT2D eigenvalue weighted by Crippen LogP contribution is 2.32. The second-order valence-corrected chi connectivity index (χ2v) is 4.34. The molecule has 0 aliphatic carbocycles. The molecular formula is C11H15ClN2O3. The van der Waals surface area contributed by atoms with Crippen LogP contribution in [0.15, 0.2) is 12.1 Å². The maximum absolute atomic E-state index is 11.1. The number of nitrogen functional groups attached to an aromatic ring is 1. The van der Waals surface area contributed by atoms with Crippen molar-refractivity contribution in [3.05, 3.63) is 22.7 Å². The van der Waals surface area contributed by atoms with E-state index < -0.39 is 12.1 Å². The molecule has 0 aromatic heterocycles. The smallest absolute Gasteiger partial charge is 0.337 e. The van der Waals surface area contributed by atoms with Crippen LogP contribution in [0.3, 0.4) is 0 Å². The Morgan fingerprint density at radius 3 is 2.65 bits per heavy atom. The van der Waals surface area contributed by atoms with Crippen molar-refractivity contribution in [1.29, 1.82) is 0 Å². The first kappa shape index (κ1) is 13.6. The van der Waals surface area contributed by atoms with Crippen molar-refractivity contribution in [3.63, 3.8) is 0 Å². The van der Waals surface area contributed by atoms with Crippen molar-refractivity contribution in [2.45, 2.75) is 13.0 Å². The lowest BCUT2D eigenvalue weighted by Gasteiger charge is -2.24. The van der Waals surface area contributed by atoms with Crippen molar-refractivity contribution < 1.29 is 15.0 Å². The first-order valence-corrected chi connectivity index (χ1v) is 5.42. The number of likely N-dealkylation sites (N-methyl/N-ethyl adjacent to an activating group) is 1. The number of nitrogens with two attached hydrogens (primary N) is 1. The molecule has 5 nitrogen and oxygen atoms in total. The van der Waals surface area contributed by atoms with E-state index in [1.807, 2.05) is 0 Å². The van der Waals surface area contributed by atoms with Gasteiger partial charge in [-0.05, 0) is 19.1 Å². The molecule has 0 heterocycles. The Morgan fingerprint density at radius 2 is 2.18 bits per heavy atom. The Kier molecular flexibility index (Phi) is 4.20. The molecule has 1 unspecified atom stereocenters. The molecule has 0 bridgehead atoms. The fourth-order valence-corrected chi connectivity index (χ4v) is 2.03. The van der Waals surface area contributed by atoms with E-state index in [4.69, 9.17) is 22.4 Å². The molecule has 0 saturated heterocycles. The van der Waals surface area contributed by atoms with Gasteiger partial charge < -0.3 is 20.8 Å². The van der Waals surface area contributed by atoms with Crippen molar-refractivity contribution in [2.24, 2.45) is 0 Å². The number of carbonyl (C=O) groups is 1. The van der Waals surface area contributed by atoms with E-state index in [0.29, 0.717) is 11.4 Å². The van der Waals surface area contributed by atoms with Crippen LogP contribution in [0.1, 0.15) is 17.3 Å². The molecule has 1 aromatic carbocycles. The lowest BCUT2D eigenvalue weighted by molar-refractivity contribution is 0.0697. The van der Waals surface area contributed by atoms with Crippen LogP contribution in [-0.4, -0.2) is 35.9 Å². The summed E-state index contributed by atoms with van der Waals surface area (Å²) in [6.45, 7) is 1.89. The number of carboxylic acid groups (broad SMARTS) is 1. The number of anilines is 2. The van der Waals surface area contributed by atoms with Crippen LogP contribution >= 0.6 is 11.6 Å². The van der Waals surface area contributed by atoms with Crippen LogP contribution < -0.4 is 10.6 Å². The van der Waals surface area contributed by atoms with Crippen LogP contribution in [0.5, 0.6) is 0 Å². The van der Waals surface area contributed by atoms with E-state index in [2.05, 4.69) is 0 Å². The lowest BCUT2D eigenvalue weighted by Crippen LogP contribution is -2.28. The van der Waals surface area contributed by atoms with E-state index >= 15 is 0 Å². The van der Waals surface area contributed by atoms with Gasteiger partial charge in [-0.25, -0.2) is 4.79 Å². The predicted molar refractivity (Wildman–Crippen MR) is 67.8 cm³/mol. The van der Waals surface area contributed by atoms with Gasteiger partial charge in [0.1, 0.15) is 0 Å². The SMILES string of the molecule is CC(O)CN(C)c1c(Cl)cc(N)cc1C(=O)O. The number of hydrogen-bond donors (Lipinski definition) is 3. The lowest BCUT2D eigenvalue weighted by atomic mass is 10.1. The van der Waals surface area contributed by atoms with Gasteiger partial charge in [-0.1, -0.05) is 11.6 Å². The third kappa shape index (κ3) is 3.25. The van der Waals surface area contributed by atoms with Crippen LogP contribution in [0.2, 0.25) is 5.02 Å². The summed E-state index contributed by atoms with van der Waals surface area (Å²) >= 11 is 5.99. The van der Waals surface area contributed by atoms with Gasteiger partial charge in [0.2, 0.25) is 0 Å². The number of rotatable bonds is 4. The highest BCUT2D eigenvalue weighted by molar-refractivity contribution is 6.34. The molecule has 1 aromatic rings. The van der Waals surface area contributed by atoms with E-state index in [9.17, 15) is 9.90 Å². The number of aliphatic hydroxyl groups is 1. The zero-order valence-corrected chi connectivity index (χ0v) is 10.4. The summed E-state index contributed by atoms with van der Waals surface area (Å²) in [5, 5.41) is 18.7. The number of aromatic carboxylic acids is 1. The summed E-state index contributed by atoms with van der Waals surface area (Å²) in [4.78, 5) is 12.7. The Bertz CT molecular complexity index is 435. The molecule has 4 N–H and O–H groups in total. The molecule has 1 atom stereocenters. The maximum Gasteiger partial charge on any atom is 0.337 e. The quantitative estimate of drug-likeness (QED) is 0.712. The summed E-state index contributed by atoms with van der Waals surface area (Å²) in [5.41, 5.74) is 6.23. The fraction of sp³-hybridized carbons (Fsp3) is 0.364. The molecule has 17 heavy (non-hydrogen) atoms. The van der Waals surface area contributed by atoms with Gasteiger partial charge in [0, 0.05) is 19.3 Å². The van der Waals surface area contributed by atoms with Gasteiger partial charge in [-0.2, -0.15) is 0 Å². The Labute approximate surface area is 104 Å². The van der Waals surface area contributed by atoms with Crippen LogP contribution in [0, 0.1) is 0 Å². The van der Waals surface area contributed by atoms with Crippen molar-refractivity contribution in [2.75, 3.05) is 24.2 Å². The number of hydrogen-bond acceptors (Lipinski definition) is 4. The second-order valence-electron chi connectivity index (χ2n) is 3.93. The average Bonchev–Trinajstić information content (AvgIpc) is 2.14. The van der Waals surface area contributed by atoms with Crippen molar-refractivity contribution in [1.82, 2.24) is 0 Å². The van der Waals surface area contributed by atoms with E-state index in [1.54, 1.807) is 18.9 Å². The number of aliphatic hydroxyl groups excluding tert-OH is 1. The molecule has 94 valence electrons. The second kappa shape index (κ2) is 5.25. The Morgan fingerprint density at radius 1 is 1.59 bits per heavy atom. The molecular weight excluding hydrogens is 244 g/mol. The number of carboxylic acids is 1. The third-order valence-corrected chi connectivity index (χ3v) is 2.52. The first-order valence-electron chi connectivity index (χ1n) is 5.04. The Hall–Kier alpha value is -1.46. The van der Waals surface area contributed by atoms with Crippen LogP contribution in [0.25, 0.3) is 0 Å². The number of halogens is 1. The van der Waals surface area contributed by atoms with Gasteiger partial charge in [0.05, 0.1) is 22.4 Å². The largest absolute Gasteiger partial charge is 0.478 e. The fourth-order valence-electron chi connectivity index (χ4n) is 1.66. The predicted octanol–water partition coefficient (Wildman–Crippen LogP) is 1.44.